The number of hydrogen-bond donors (Lipinski definition) is 0. The molecule has 110 valence electrons. The van der Waals surface area contributed by atoms with Crippen molar-refractivity contribution in [1.29, 1.82) is 0 Å². The Bertz CT molecular complexity index is 409. The zero-order valence-corrected chi connectivity index (χ0v) is 12.5. The molecule has 2 aliphatic heterocycles. The van der Waals surface area contributed by atoms with Crippen LogP contribution >= 0.6 is 0 Å². The molecule has 0 atom stereocenters. The van der Waals surface area contributed by atoms with E-state index in [0.717, 1.165) is 51.6 Å². The van der Waals surface area contributed by atoms with Crippen LogP contribution < -0.4 is 0 Å². The molecule has 0 N–H and O–H groups in total. The lowest BCUT2D eigenvalue weighted by atomic mass is 10.2. The van der Waals surface area contributed by atoms with Crippen molar-refractivity contribution in [2.24, 2.45) is 0 Å². The van der Waals surface area contributed by atoms with Gasteiger partial charge in [0.05, 0.1) is 11.1 Å². The average Bonchev–Trinajstić information content (AvgIpc) is 2.91. The number of fused-ring (bicyclic) bond motifs is 1. The summed E-state index contributed by atoms with van der Waals surface area (Å²) in [6.07, 6.45) is 9.96. The van der Waals surface area contributed by atoms with Gasteiger partial charge in [0.1, 0.15) is 0 Å². The van der Waals surface area contributed by atoms with Gasteiger partial charge in [-0.15, -0.1) is 0 Å². The molecule has 0 fully saturated rings. The predicted molar refractivity (Wildman–Crippen MR) is 78.6 cm³/mol. The van der Waals surface area contributed by atoms with Gasteiger partial charge in [0.25, 0.3) is 11.8 Å². The van der Waals surface area contributed by atoms with Crippen LogP contribution in [0.5, 0.6) is 0 Å². The third kappa shape index (κ3) is 2.94. The van der Waals surface area contributed by atoms with Gasteiger partial charge in [0.15, 0.2) is 0 Å². The monoisotopic (exact) mass is 276 g/mol. The summed E-state index contributed by atoms with van der Waals surface area (Å²) in [4.78, 5) is 27.8. The molecule has 2 aliphatic rings. The van der Waals surface area contributed by atoms with E-state index in [1.54, 1.807) is 22.2 Å². The van der Waals surface area contributed by atoms with Crippen LogP contribution in [0.3, 0.4) is 0 Å². The van der Waals surface area contributed by atoms with Crippen LogP contribution in [-0.2, 0) is 9.59 Å². The second-order valence-corrected chi connectivity index (χ2v) is 5.50. The molecule has 0 radical (unpaired) electrons. The van der Waals surface area contributed by atoms with Gasteiger partial charge in [0.2, 0.25) is 0 Å². The number of nitrogens with zero attached hydrogens (tertiary/aromatic N) is 2. The van der Waals surface area contributed by atoms with Crippen LogP contribution in [-0.4, -0.2) is 34.7 Å². The Kier molecular flexibility index (Phi) is 4.99. The predicted octanol–water partition coefficient (Wildman–Crippen LogP) is 2.82. The van der Waals surface area contributed by atoms with Crippen molar-refractivity contribution >= 4 is 11.8 Å². The molecule has 0 spiro atoms. The Hall–Kier alpha value is -1.58. The van der Waals surface area contributed by atoms with Crippen molar-refractivity contribution in [3.05, 3.63) is 23.5 Å². The van der Waals surface area contributed by atoms with Gasteiger partial charge >= 0.3 is 0 Å². The molecule has 0 aromatic heterocycles. The lowest BCUT2D eigenvalue weighted by Gasteiger charge is -2.15. The molecule has 20 heavy (non-hydrogen) atoms. The summed E-state index contributed by atoms with van der Waals surface area (Å²) >= 11 is 0. The highest BCUT2D eigenvalue weighted by Gasteiger charge is 2.38. The number of carbonyl (C=O) groups excluding carboxylic acids is 2. The summed E-state index contributed by atoms with van der Waals surface area (Å²) in [5.74, 6) is -0.0233. The first kappa shape index (κ1) is 14.8. The van der Waals surface area contributed by atoms with Crippen molar-refractivity contribution in [3.63, 3.8) is 0 Å². The Morgan fingerprint density at radius 1 is 0.750 bits per heavy atom. The van der Waals surface area contributed by atoms with Gasteiger partial charge in [-0.05, 0) is 12.8 Å². The third-order valence-electron chi connectivity index (χ3n) is 3.85. The first-order chi connectivity index (χ1) is 9.69. The van der Waals surface area contributed by atoms with Crippen molar-refractivity contribution in [3.8, 4) is 0 Å². The number of carbonyl (C=O) groups is 2. The maximum absolute atomic E-state index is 12.2. The summed E-state index contributed by atoms with van der Waals surface area (Å²) < 4.78 is 0. The highest BCUT2D eigenvalue weighted by atomic mass is 16.2. The molecule has 2 heterocycles. The molecule has 2 amide bonds. The fourth-order valence-electron chi connectivity index (χ4n) is 2.61. The quantitative estimate of drug-likeness (QED) is 0.640. The fourth-order valence-corrected chi connectivity index (χ4v) is 2.61. The van der Waals surface area contributed by atoms with Gasteiger partial charge in [0, 0.05) is 25.5 Å². The van der Waals surface area contributed by atoms with Gasteiger partial charge < -0.3 is 9.80 Å². The van der Waals surface area contributed by atoms with Crippen molar-refractivity contribution in [2.45, 2.75) is 52.4 Å². The van der Waals surface area contributed by atoms with Crippen LogP contribution in [0.4, 0.5) is 0 Å². The lowest BCUT2D eigenvalue weighted by molar-refractivity contribution is -0.124. The van der Waals surface area contributed by atoms with E-state index in [4.69, 9.17) is 0 Å². The molecule has 0 unspecified atom stereocenters. The second kappa shape index (κ2) is 6.73. The Morgan fingerprint density at radius 2 is 1.15 bits per heavy atom. The van der Waals surface area contributed by atoms with E-state index < -0.39 is 0 Å². The molecule has 2 rings (SSSR count). The smallest absolute Gasteiger partial charge is 0.260 e. The highest BCUT2D eigenvalue weighted by Crippen LogP contribution is 2.30. The molecule has 4 nitrogen and oxygen atoms in total. The third-order valence-corrected chi connectivity index (χ3v) is 3.85. The van der Waals surface area contributed by atoms with Crippen LogP contribution in [0, 0.1) is 0 Å². The summed E-state index contributed by atoms with van der Waals surface area (Å²) in [7, 11) is 0. The molecule has 0 aliphatic carbocycles. The van der Waals surface area contributed by atoms with Gasteiger partial charge in [-0.1, -0.05) is 39.5 Å². The van der Waals surface area contributed by atoms with E-state index in [-0.39, 0.29) is 11.8 Å². The van der Waals surface area contributed by atoms with E-state index in [0.29, 0.717) is 11.1 Å². The number of hydrogen-bond acceptors (Lipinski definition) is 2. The zero-order chi connectivity index (χ0) is 14.5. The summed E-state index contributed by atoms with van der Waals surface area (Å²) in [6, 6.07) is 0. The molecule has 4 heteroatoms. The van der Waals surface area contributed by atoms with Crippen molar-refractivity contribution in [2.75, 3.05) is 13.1 Å². The normalized spacial score (nSPS) is 17.7. The Balaban J connectivity index is 1.95. The number of unbranched alkanes of at least 4 members (excludes halogenated alkanes) is 4. The molecule has 0 aromatic rings. The van der Waals surface area contributed by atoms with Crippen molar-refractivity contribution in [1.82, 2.24) is 9.80 Å². The van der Waals surface area contributed by atoms with E-state index in [2.05, 4.69) is 13.8 Å². The van der Waals surface area contributed by atoms with E-state index in [9.17, 15) is 9.59 Å². The van der Waals surface area contributed by atoms with Gasteiger partial charge in [-0.25, -0.2) is 0 Å². The first-order valence-electron chi connectivity index (χ1n) is 7.75. The lowest BCUT2D eigenvalue weighted by Crippen LogP contribution is -2.25. The summed E-state index contributed by atoms with van der Waals surface area (Å²) in [5.41, 5.74) is 1.17. The summed E-state index contributed by atoms with van der Waals surface area (Å²) in [6.45, 7) is 5.71. The van der Waals surface area contributed by atoms with Crippen LogP contribution in [0.25, 0.3) is 0 Å². The molecule has 0 bridgehead atoms. The van der Waals surface area contributed by atoms with Crippen molar-refractivity contribution < 1.29 is 9.59 Å². The van der Waals surface area contributed by atoms with Gasteiger partial charge in [-0.2, -0.15) is 0 Å². The standard InChI is InChI=1S/C16H24N2O2/c1-3-5-7-9-17-11-13-14(15(17)19)12-18(16(13)20)10-8-6-4-2/h11-12H,3-10H2,1-2H3. The Labute approximate surface area is 121 Å². The van der Waals surface area contributed by atoms with E-state index >= 15 is 0 Å². The van der Waals surface area contributed by atoms with Crippen LogP contribution in [0.1, 0.15) is 52.4 Å². The maximum atomic E-state index is 12.2. The highest BCUT2D eigenvalue weighted by molar-refractivity contribution is 6.17. The largest absolute Gasteiger partial charge is 0.314 e. The molecule has 0 saturated heterocycles. The summed E-state index contributed by atoms with van der Waals surface area (Å²) in [5, 5.41) is 0. The SMILES string of the molecule is CCCCCN1C=C2C(=O)N(CCCCC)C=C2C1=O. The fraction of sp³-hybridized carbons (Fsp3) is 0.625. The second-order valence-electron chi connectivity index (χ2n) is 5.50. The molecule has 0 saturated carbocycles. The minimum atomic E-state index is -0.0116. The molecular weight excluding hydrogens is 252 g/mol. The minimum Gasteiger partial charge on any atom is -0.314 e. The van der Waals surface area contributed by atoms with Gasteiger partial charge in [-0.3, -0.25) is 9.59 Å². The molecular formula is C16H24N2O2. The first-order valence-corrected chi connectivity index (χ1v) is 7.75. The average molecular weight is 276 g/mol. The maximum Gasteiger partial charge on any atom is 0.260 e. The Morgan fingerprint density at radius 3 is 1.50 bits per heavy atom. The minimum absolute atomic E-state index is 0.0116. The number of amides is 2. The zero-order valence-electron chi connectivity index (χ0n) is 12.5. The molecule has 0 aromatic carbocycles. The van der Waals surface area contributed by atoms with Crippen LogP contribution in [0.15, 0.2) is 23.5 Å². The van der Waals surface area contributed by atoms with Crippen LogP contribution in [0.2, 0.25) is 0 Å². The van der Waals surface area contributed by atoms with E-state index in [1.165, 1.54) is 0 Å². The number of rotatable bonds is 8. The van der Waals surface area contributed by atoms with E-state index in [1.807, 2.05) is 0 Å². The topological polar surface area (TPSA) is 40.6 Å².